The Bertz CT molecular complexity index is 2320. The molecule has 1 aromatic heterocycles. The van der Waals surface area contributed by atoms with Crippen molar-refractivity contribution in [3.63, 3.8) is 0 Å². The van der Waals surface area contributed by atoms with Gasteiger partial charge in [0.25, 0.3) is 0 Å². The monoisotopic (exact) mass is 647 g/mol. The first-order chi connectivity index (χ1) is 24.6. The number of para-hydroxylation sites is 4. The van der Waals surface area contributed by atoms with E-state index in [2.05, 4.69) is 169 Å². The number of hydrogen-bond donors (Lipinski definition) is 1. The van der Waals surface area contributed by atoms with Gasteiger partial charge in [-0.15, -0.1) is 0 Å². The number of rotatable bonds is 7. The van der Waals surface area contributed by atoms with Crippen LogP contribution in [-0.2, 0) is 6.42 Å². The molecule has 0 atom stereocenters. The number of aromatic nitrogens is 1. The van der Waals surface area contributed by atoms with E-state index in [0.717, 1.165) is 29.1 Å². The van der Waals surface area contributed by atoms with E-state index < -0.39 is 0 Å². The second-order valence-electron chi connectivity index (χ2n) is 12.6. The topological polar surface area (TPSA) is 34.2 Å². The second-order valence-corrected chi connectivity index (χ2v) is 12.6. The maximum Gasteiger partial charge on any atom is 0.0541 e. The minimum atomic E-state index is 0.804. The molecule has 0 amide bonds. The molecule has 0 aliphatic carbocycles. The summed E-state index contributed by atoms with van der Waals surface area (Å²) in [6.07, 6.45) is 2.90. The summed E-state index contributed by atoms with van der Waals surface area (Å²) in [6, 6.07) is 63.6. The third-order valence-electron chi connectivity index (χ3n) is 9.04. The molecule has 1 heterocycles. The predicted molar refractivity (Wildman–Crippen MR) is 214 cm³/mol. The molecule has 0 saturated heterocycles. The highest BCUT2D eigenvalue weighted by Gasteiger charge is 2.14. The van der Waals surface area contributed by atoms with Crippen molar-refractivity contribution in [3.05, 3.63) is 210 Å². The molecule has 8 aromatic rings. The lowest BCUT2D eigenvalue weighted by Gasteiger charge is -2.27. The Labute approximate surface area is 295 Å². The van der Waals surface area contributed by atoms with Gasteiger partial charge in [0.05, 0.1) is 11.0 Å². The fraction of sp³-hybridized carbons (Fsp3) is 0.0638. The summed E-state index contributed by atoms with van der Waals surface area (Å²) in [6.45, 7) is 4.32. The smallest absolute Gasteiger partial charge is 0.0541 e. The molecule has 0 fully saturated rings. The molecule has 8 rings (SSSR count). The van der Waals surface area contributed by atoms with Crippen LogP contribution in [0.5, 0.6) is 0 Å². The number of anilines is 3. The first-order valence-corrected chi connectivity index (χ1v) is 17.1. The lowest BCUT2D eigenvalue weighted by Crippen LogP contribution is -2.11. The van der Waals surface area contributed by atoms with Crippen molar-refractivity contribution in [1.82, 2.24) is 4.57 Å². The molecule has 0 spiro atoms. The maximum absolute atomic E-state index is 6.26. The summed E-state index contributed by atoms with van der Waals surface area (Å²) in [5, 5.41) is 2.64. The Morgan fingerprint density at radius 1 is 0.560 bits per heavy atom. The van der Waals surface area contributed by atoms with Crippen LogP contribution in [0.2, 0.25) is 0 Å². The van der Waals surface area contributed by atoms with Crippen LogP contribution in [0.4, 0.5) is 17.1 Å². The van der Waals surface area contributed by atoms with E-state index in [1.807, 2.05) is 42.5 Å². The molecular weight excluding hydrogens is 607 g/mol. The normalized spacial score (nSPS) is 11.3. The van der Waals surface area contributed by atoms with E-state index >= 15 is 0 Å². The predicted octanol–water partition coefficient (Wildman–Crippen LogP) is 12.1. The third-order valence-corrected chi connectivity index (χ3v) is 9.04. The Balaban J connectivity index is 0.000000169. The molecule has 3 nitrogen and oxygen atoms in total. The summed E-state index contributed by atoms with van der Waals surface area (Å²) in [7, 11) is 0. The molecule has 0 saturated carbocycles. The summed E-state index contributed by atoms with van der Waals surface area (Å²) in [4.78, 5) is 2.30. The zero-order chi connectivity index (χ0) is 34.3. The molecule has 2 N–H and O–H groups in total. The second kappa shape index (κ2) is 14.8. The van der Waals surface area contributed by atoms with Crippen molar-refractivity contribution in [2.24, 2.45) is 5.73 Å². The number of aryl methyl sites for hydroxylation is 2. The molecule has 0 aliphatic heterocycles. The molecule has 0 radical (unpaired) electrons. The van der Waals surface area contributed by atoms with Crippen molar-refractivity contribution in [2.75, 3.05) is 4.90 Å². The third kappa shape index (κ3) is 6.94. The van der Waals surface area contributed by atoms with Gasteiger partial charge in [0.2, 0.25) is 0 Å². The zero-order valence-corrected chi connectivity index (χ0v) is 28.6. The van der Waals surface area contributed by atoms with Gasteiger partial charge in [-0.05, 0) is 97.6 Å². The average Bonchev–Trinajstić information content (AvgIpc) is 3.50. The summed E-state index contributed by atoms with van der Waals surface area (Å²) in [5.41, 5.74) is 19.1. The number of allylic oxidation sites excluding steroid dienone is 1. The van der Waals surface area contributed by atoms with Gasteiger partial charge in [-0.25, -0.2) is 0 Å². The summed E-state index contributed by atoms with van der Waals surface area (Å²) < 4.78 is 2.34. The number of nitrogens with two attached hydrogens (primary N) is 1. The number of fused-ring (bicyclic) bond motifs is 3. The number of hydrogen-bond acceptors (Lipinski definition) is 2. The Kier molecular flexibility index (Phi) is 9.57. The first-order valence-electron chi connectivity index (χ1n) is 17.1. The molecule has 3 heteroatoms. The molecule has 244 valence electrons. The van der Waals surface area contributed by atoms with Crippen LogP contribution in [0.1, 0.15) is 22.3 Å². The first kappa shape index (κ1) is 32.2. The lowest BCUT2D eigenvalue weighted by atomic mass is 10.0. The van der Waals surface area contributed by atoms with E-state index in [-0.39, 0.29) is 0 Å². The van der Waals surface area contributed by atoms with E-state index in [1.54, 1.807) is 0 Å². The molecule has 0 unspecified atom stereocenters. The summed E-state index contributed by atoms with van der Waals surface area (Å²) >= 11 is 0. The van der Waals surface area contributed by atoms with E-state index in [4.69, 9.17) is 5.73 Å². The standard InChI is InChI=1S/C28H26N2.C19H15N/c1-22-21-23(17-19-27(29)24-11-5-2-6-12-24)18-20-28(22)30(25-13-7-3-8-14-25)26-15-9-4-10-16-26;1-14-11-12-19-17(13-14)16-9-5-6-10-18(16)20(19)15-7-3-2-4-8-15/h2-16,18-21H,17,29H2,1H3;2-13H,1H3/b27-19-;. The maximum atomic E-state index is 6.26. The highest BCUT2D eigenvalue weighted by atomic mass is 15.1. The van der Waals surface area contributed by atoms with Crippen LogP contribution in [0.25, 0.3) is 33.2 Å². The van der Waals surface area contributed by atoms with Crippen LogP contribution in [-0.4, -0.2) is 4.57 Å². The van der Waals surface area contributed by atoms with Gasteiger partial charge in [0.1, 0.15) is 0 Å². The Morgan fingerprint density at radius 3 is 1.76 bits per heavy atom. The minimum absolute atomic E-state index is 0.804. The molecule has 50 heavy (non-hydrogen) atoms. The number of benzene rings is 7. The van der Waals surface area contributed by atoms with Crippen molar-refractivity contribution in [3.8, 4) is 5.69 Å². The van der Waals surface area contributed by atoms with Crippen molar-refractivity contribution in [2.45, 2.75) is 20.3 Å². The van der Waals surface area contributed by atoms with E-state index in [1.165, 1.54) is 49.9 Å². The van der Waals surface area contributed by atoms with Crippen LogP contribution in [0.3, 0.4) is 0 Å². The Hall–Kier alpha value is -6.32. The minimum Gasteiger partial charge on any atom is -0.398 e. The van der Waals surface area contributed by atoms with Crippen LogP contribution in [0.15, 0.2) is 188 Å². The lowest BCUT2D eigenvalue weighted by molar-refractivity contribution is 1.18. The zero-order valence-electron chi connectivity index (χ0n) is 28.6. The fourth-order valence-electron chi connectivity index (χ4n) is 6.60. The largest absolute Gasteiger partial charge is 0.398 e. The van der Waals surface area contributed by atoms with Gasteiger partial charge >= 0.3 is 0 Å². The summed E-state index contributed by atoms with van der Waals surface area (Å²) in [5.74, 6) is 0. The molecule has 7 aromatic carbocycles. The van der Waals surface area contributed by atoms with Crippen molar-refractivity contribution < 1.29 is 0 Å². The number of nitrogens with zero attached hydrogens (tertiary/aromatic N) is 2. The highest BCUT2D eigenvalue weighted by molar-refractivity contribution is 6.09. The van der Waals surface area contributed by atoms with Crippen LogP contribution >= 0.6 is 0 Å². The van der Waals surface area contributed by atoms with Crippen molar-refractivity contribution in [1.29, 1.82) is 0 Å². The van der Waals surface area contributed by atoms with Gasteiger partial charge in [-0.1, -0.05) is 133 Å². The van der Waals surface area contributed by atoms with E-state index in [9.17, 15) is 0 Å². The van der Waals surface area contributed by atoms with Gasteiger partial charge in [0.15, 0.2) is 0 Å². The molecule has 0 bridgehead atoms. The Morgan fingerprint density at radius 2 is 1.12 bits per heavy atom. The van der Waals surface area contributed by atoms with Crippen LogP contribution in [0, 0.1) is 13.8 Å². The fourth-order valence-corrected chi connectivity index (χ4v) is 6.60. The van der Waals surface area contributed by atoms with Crippen molar-refractivity contribution >= 4 is 44.6 Å². The van der Waals surface area contributed by atoms with Gasteiger partial charge in [-0.3, -0.25) is 0 Å². The SMILES string of the molecule is Cc1cc(C/C=C(\N)c2ccccc2)ccc1N(c1ccccc1)c1ccccc1.Cc1ccc2c(c1)c1ccccc1n2-c1ccccc1. The van der Waals surface area contributed by atoms with Gasteiger partial charge in [-0.2, -0.15) is 0 Å². The average molecular weight is 648 g/mol. The van der Waals surface area contributed by atoms with Gasteiger partial charge < -0.3 is 15.2 Å². The molecule has 0 aliphatic rings. The molecular formula is C47H41N3. The van der Waals surface area contributed by atoms with Gasteiger partial charge in [0, 0.05) is 39.2 Å². The van der Waals surface area contributed by atoms with E-state index in [0.29, 0.717) is 0 Å². The quantitative estimate of drug-likeness (QED) is 0.187. The highest BCUT2D eigenvalue weighted by Crippen LogP contribution is 2.37. The van der Waals surface area contributed by atoms with Crippen LogP contribution < -0.4 is 10.6 Å².